The van der Waals surface area contributed by atoms with Gasteiger partial charge in [-0.25, -0.2) is 4.79 Å². The molecule has 2 rings (SSSR count). The van der Waals surface area contributed by atoms with Crippen molar-refractivity contribution < 1.29 is 19.4 Å². The predicted molar refractivity (Wildman–Crippen MR) is 94.2 cm³/mol. The molecule has 0 aliphatic heterocycles. The number of aromatic carboxylic acids is 1. The summed E-state index contributed by atoms with van der Waals surface area (Å²) in [6.45, 7) is 5.58. The second-order valence-corrected chi connectivity index (χ2v) is 5.96. The Morgan fingerprint density at radius 3 is 1.75 bits per heavy atom. The van der Waals surface area contributed by atoms with Crippen molar-refractivity contribution in [1.82, 2.24) is 0 Å². The van der Waals surface area contributed by atoms with Crippen LogP contribution in [0.2, 0.25) is 0 Å². The van der Waals surface area contributed by atoms with Crippen molar-refractivity contribution in [2.75, 3.05) is 13.2 Å². The van der Waals surface area contributed by atoms with Crippen LogP contribution in [0, 0.1) is 0 Å². The lowest BCUT2D eigenvalue weighted by atomic mass is 10.0. The molecule has 2 aromatic carbocycles. The highest BCUT2D eigenvalue weighted by Gasteiger charge is 2.02. The van der Waals surface area contributed by atoms with Crippen molar-refractivity contribution in [2.45, 2.75) is 32.6 Å². The zero-order valence-corrected chi connectivity index (χ0v) is 14.2. The second kappa shape index (κ2) is 8.96. The highest BCUT2D eigenvalue weighted by atomic mass is 16.5. The molecule has 0 aliphatic rings. The van der Waals surface area contributed by atoms with Gasteiger partial charge in [0, 0.05) is 0 Å². The monoisotopic (exact) mass is 328 g/mol. The first-order valence-electron chi connectivity index (χ1n) is 8.25. The highest BCUT2D eigenvalue weighted by Crippen LogP contribution is 2.18. The second-order valence-electron chi connectivity index (χ2n) is 5.96. The van der Waals surface area contributed by atoms with Crippen LogP contribution in [0.1, 0.15) is 48.5 Å². The van der Waals surface area contributed by atoms with Crippen molar-refractivity contribution in [3.8, 4) is 11.5 Å². The lowest BCUT2D eigenvalue weighted by molar-refractivity contribution is 0.0697. The van der Waals surface area contributed by atoms with Crippen molar-refractivity contribution >= 4 is 5.97 Å². The summed E-state index contributed by atoms with van der Waals surface area (Å²) in [5, 5.41) is 8.83. The predicted octanol–water partition coefficient (Wildman–Crippen LogP) is 4.75. The third kappa shape index (κ3) is 5.61. The van der Waals surface area contributed by atoms with Crippen LogP contribution in [-0.2, 0) is 0 Å². The van der Waals surface area contributed by atoms with Gasteiger partial charge in [0.1, 0.15) is 11.5 Å². The molecule has 0 unspecified atom stereocenters. The van der Waals surface area contributed by atoms with E-state index in [9.17, 15) is 4.79 Å². The van der Waals surface area contributed by atoms with E-state index in [0.29, 0.717) is 24.9 Å². The van der Waals surface area contributed by atoms with E-state index >= 15 is 0 Å². The largest absolute Gasteiger partial charge is 0.494 e. The fourth-order valence-electron chi connectivity index (χ4n) is 2.23. The van der Waals surface area contributed by atoms with Crippen molar-refractivity contribution in [1.29, 1.82) is 0 Å². The molecule has 0 saturated carbocycles. The van der Waals surface area contributed by atoms with E-state index in [-0.39, 0.29) is 5.56 Å². The summed E-state index contributed by atoms with van der Waals surface area (Å²) < 4.78 is 11.3. The van der Waals surface area contributed by atoms with Gasteiger partial charge in [0.15, 0.2) is 0 Å². The molecule has 0 heterocycles. The average molecular weight is 328 g/mol. The Kier molecular flexibility index (Phi) is 6.67. The fourth-order valence-corrected chi connectivity index (χ4v) is 2.23. The quantitative estimate of drug-likeness (QED) is 0.675. The number of benzene rings is 2. The zero-order chi connectivity index (χ0) is 17.4. The van der Waals surface area contributed by atoms with Crippen LogP contribution in [0.4, 0.5) is 0 Å². The van der Waals surface area contributed by atoms with Gasteiger partial charge in [0.2, 0.25) is 0 Å². The minimum Gasteiger partial charge on any atom is -0.494 e. The smallest absolute Gasteiger partial charge is 0.335 e. The minimum absolute atomic E-state index is 0.263. The molecule has 0 bridgehead atoms. The van der Waals surface area contributed by atoms with Gasteiger partial charge in [0.25, 0.3) is 0 Å². The van der Waals surface area contributed by atoms with Gasteiger partial charge >= 0.3 is 5.97 Å². The van der Waals surface area contributed by atoms with E-state index in [4.69, 9.17) is 14.6 Å². The Morgan fingerprint density at radius 1 is 0.875 bits per heavy atom. The van der Waals surface area contributed by atoms with Crippen molar-refractivity contribution in [3.63, 3.8) is 0 Å². The van der Waals surface area contributed by atoms with Gasteiger partial charge in [-0.2, -0.15) is 0 Å². The Bertz CT molecular complexity index is 630. The molecular formula is C20H24O4. The van der Waals surface area contributed by atoms with Crippen LogP contribution >= 0.6 is 0 Å². The summed E-state index contributed by atoms with van der Waals surface area (Å²) in [5.74, 6) is 1.18. The lowest BCUT2D eigenvalue weighted by Gasteiger charge is -2.09. The summed E-state index contributed by atoms with van der Waals surface area (Å²) in [6, 6.07) is 14.7. The van der Waals surface area contributed by atoms with Gasteiger partial charge in [0.05, 0.1) is 18.8 Å². The first-order chi connectivity index (χ1) is 11.6. The summed E-state index contributed by atoms with van der Waals surface area (Å²) >= 11 is 0. The van der Waals surface area contributed by atoms with E-state index in [1.165, 1.54) is 5.56 Å². The molecule has 0 aliphatic carbocycles. The van der Waals surface area contributed by atoms with Gasteiger partial charge in [-0.05, 0) is 60.7 Å². The summed E-state index contributed by atoms with van der Waals surface area (Å²) in [6.07, 6.45) is 1.78. The molecule has 24 heavy (non-hydrogen) atoms. The number of hydrogen-bond acceptors (Lipinski definition) is 3. The van der Waals surface area contributed by atoms with Crippen LogP contribution in [0.25, 0.3) is 0 Å². The molecule has 0 aromatic heterocycles. The van der Waals surface area contributed by atoms with E-state index in [0.717, 1.165) is 18.6 Å². The molecule has 4 nitrogen and oxygen atoms in total. The van der Waals surface area contributed by atoms with Crippen molar-refractivity contribution in [3.05, 3.63) is 59.7 Å². The standard InChI is InChI=1S/C20H24O4/c1-15(2)16-5-9-18(10-6-16)23-13-3-4-14-24-19-11-7-17(8-12-19)20(21)22/h5-12,15H,3-4,13-14H2,1-2H3,(H,21,22). The Labute approximate surface area is 143 Å². The number of rotatable bonds is 9. The molecule has 4 heteroatoms. The minimum atomic E-state index is -0.930. The molecule has 0 amide bonds. The van der Waals surface area contributed by atoms with E-state index in [2.05, 4.69) is 26.0 Å². The Morgan fingerprint density at radius 2 is 1.33 bits per heavy atom. The van der Waals surface area contributed by atoms with Crippen LogP contribution in [0.15, 0.2) is 48.5 Å². The first-order valence-corrected chi connectivity index (χ1v) is 8.25. The SMILES string of the molecule is CC(C)c1ccc(OCCCCOc2ccc(C(=O)O)cc2)cc1. The van der Waals surface area contributed by atoms with Gasteiger partial charge in [-0.1, -0.05) is 26.0 Å². The number of carbonyl (C=O) groups is 1. The third-order valence-corrected chi connectivity index (χ3v) is 3.72. The summed E-state index contributed by atoms with van der Waals surface area (Å²) in [4.78, 5) is 10.8. The van der Waals surface area contributed by atoms with Crippen LogP contribution in [-0.4, -0.2) is 24.3 Å². The maximum absolute atomic E-state index is 10.8. The van der Waals surface area contributed by atoms with Gasteiger partial charge < -0.3 is 14.6 Å². The third-order valence-electron chi connectivity index (χ3n) is 3.72. The summed E-state index contributed by atoms with van der Waals surface area (Å²) in [5.41, 5.74) is 1.57. The van der Waals surface area contributed by atoms with E-state index in [1.54, 1.807) is 24.3 Å². The maximum atomic E-state index is 10.8. The van der Waals surface area contributed by atoms with Crippen LogP contribution in [0.5, 0.6) is 11.5 Å². The molecule has 0 fully saturated rings. The molecule has 0 atom stereocenters. The van der Waals surface area contributed by atoms with Gasteiger partial charge in [-0.3, -0.25) is 0 Å². The van der Waals surface area contributed by atoms with Gasteiger partial charge in [-0.15, -0.1) is 0 Å². The summed E-state index contributed by atoms with van der Waals surface area (Å²) in [7, 11) is 0. The highest BCUT2D eigenvalue weighted by molar-refractivity contribution is 5.87. The van der Waals surface area contributed by atoms with Crippen LogP contribution in [0.3, 0.4) is 0 Å². The Hall–Kier alpha value is -2.49. The van der Waals surface area contributed by atoms with E-state index in [1.807, 2.05) is 12.1 Å². The zero-order valence-electron chi connectivity index (χ0n) is 14.2. The number of unbranched alkanes of at least 4 members (excludes halogenated alkanes) is 1. The van der Waals surface area contributed by atoms with E-state index < -0.39 is 5.97 Å². The molecule has 0 spiro atoms. The molecule has 0 saturated heterocycles. The number of hydrogen-bond donors (Lipinski definition) is 1. The molecular weight excluding hydrogens is 304 g/mol. The fraction of sp³-hybridized carbons (Fsp3) is 0.350. The lowest BCUT2D eigenvalue weighted by Crippen LogP contribution is -2.03. The molecule has 128 valence electrons. The topological polar surface area (TPSA) is 55.8 Å². The number of carboxylic acids is 1. The average Bonchev–Trinajstić information content (AvgIpc) is 2.58. The normalized spacial score (nSPS) is 10.6. The molecule has 2 aromatic rings. The van der Waals surface area contributed by atoms with Crippen molar-refractivity contribution in [2.24, 2.45) is 0 Å². The maximum Gasteiger partial charge on any atom is 0.335 e. The van der Waals surface area contributed by atoms with Crippen LogP contribution < -0.4 is 9.47 Å². The Balaban J connectivity index is 1.62. The first kappa shape index (κ1) is 17.9. The number of carboxylic acid groups (broad SMARTS) is 1. The molecule has 1 N–H and O–H groups in total. The number of ether oxygens (including phenoxy) is 2. The molecule has 0 radical (unpaired) electrons.